The van der Waals surface area contributed by atoms with E-state index in [2.05, 4.69) is 11.8 Å². The molecule has 0 aliphatic heterocycles. The molecule has 84 valence electrons. The lowest BCUT2D eigenvalue weighted by molar-refractivity contribution is 0.101. The van der Waals surface area contributed by atoms with Crippen LogP contribution < -0.4 is 5.73 Å². The largest absolute Gasteiger partial charge is 0.507 e. The number of rotatable bonds is 2. The Morgan fingerprint density at radius 2 is 2.19 bits per heavy atom. The highest BCUT2D eigenvalue weighted by molar-refractivity contribution is 5.97. The summed E-state index contributed by atoms with van der Waals surface area (Å²) < 4.78 is 0. The number of phenolic OH excluding ortho intramolecular Hbond substituents is 1. The lowest BCUT2D eigenvalue weighted by atomic mass is 10.0. The minimum absolute atomic E-state index is 0.0184. The molecule has 0 aromatic heterocycles. The van der Waals surface area contributed by atoms with Crippen molar-refractivity contribution < 1.29 is 9.90 Å². The van der Waals surface area contributed by atoms with Crippen LogP contribution in [-0.2, 0) is 0 Å². The summed E-state index contributed by atoms with van der Waals surface area (Å²) in [6.45, 7) is 3.80. The van der Waals surface area contributed by atoms with Crippen LogP contribution in [0.3, 0.4) is 0 Å². The van der Waals surface area contributed by atoms with E-state index >= 15 is 0 Å². The van der Waals surface area contributed by atoms with E-state index in [0.29, 0.717) is 18.5 Å². The molecule has 3 heteroatoms. The maximum Gasteiger partial charge on any atom is 0.163 e. The van der Waals surface area contributed by atoms with Crippen LogP contribution in [0.4, 0.5) is 0 Å². The second-order valence-corrected chi connectivity index (χ2v) is 3.58. The first-order valence-electron chi connectivity index (χ1n) is 5.09. The maximum atomic E-state index is 11.2. The summed E-state index contributed by atoms with van der Waals surface area (Å²) in [7, 11) is 0. The van der Waals surface area contributed by atoms with Gasteiger partial charge in [-0.3, -0.25) is 4.79 Å². The topological polar surface area (TPSA) is 63.3 Å². The lowest BCUT2D eigenvalue weighted by Gasteiger charge is -2.04. The minimum Gasteiger partial charge on any atom is -0.507 e. The van der Waals surface area contributed by atoms with Crippen molar-refractivity contribution in [3.63, 3.8) is 0 Å². The van der Waals surface area contributed by atoms with E-state index in [1.807, 2.05) is 6.92 Å². The number of phenols is 1. The second-order valence-electron chi connectivity index (χ2n) is 3.58. The summed E-state index contributed by atoms with van der Waals surface area (Å²) in [6.07, 6.45) is 0.620. The summed E-state index contributed by atoms with van der Waals surface area (Å²) in [5, 5.41) is 9.63. The Kier molecular flexibility index (Phi) is 4.10. The van der Waals surface area contributed by atoms with Crippen molar-refractivity contribution in [2.75, 3.05) is 6.54 Å². The van der Waals surface area contributed by atoms with Gasteiger partial charge in [-0.05, 0) is 31.5 Å². The van der Waals surface area contributed by atoms with Crippen molar-refractivity contribution >= 4 is 5.78 Å². The molecule has 0 amide bonds. The van der Waals surface area contributed by atoms with Crippen LogP contribution in [0.5, 0.6) is 5.75 Å². The third-order valence-electron chi connectivity index (χ3n) is 2.21. The molecule has 1 rings (SSSR count). The van der Waals surface area contributed by atoms with Crippen molar-refractivity contribution in [1.82, 2.24) is 0 Å². The molecule has 0 atom stereocenters. The molecule has 1 aromatic carbocycles. The molecule has 3 N–H and O–H groups in total. The van der Waals surface area contributed by atoms with Gasteiger partial charge in [0, 0.05) is 18.5 Å². The van der Waals surface area contributed by atoms with E-state index in [4.69, 9.17) is 5.73 Å². The van der Waals surface area contributed by atoms with Gasteiger partial charge in [0.25, 0.3) is 0 Å². The Bertz CT molecular complexity index is 467. The van der Waals surface area contributed by atoms with Crippen LogP contribution in [0.2, 0.25) is 0 Å². The van der Waals surface area contributed by atoms with E-state index in [1.54, 1.807) is 6.07 Å². The summed E-state index contributed by atoms with van der Waals surface area (Å²) in [5.74, 6) is 5.65. The van der Waals surface area contributed by atoms with E-state index < -0.39 is 0 Å². The molecular formula is C13H15NO2. The number of hydrogen-bond donors (Lipinski definition) is 2. The smallest absolute Gasteiger partial charge is 0.163 e. The first kappa shape index (κ1) is 12.3. The highest BCUT2D eigenvalue weighted by Crippen LogP contribution is 2.22. The van der Waals surface area contributed by atoms with Crippen molar-refractivity contribution in [2.45, 2.75) is 20.3 Å². The number of aromatic hydroxyl groups is 1. The highest BCUT2D eigenvalue weighted by Gasteiger charge is 2.08. The fourth-order valence-electron chi connectivity index (χ4n) is 1.34. The van der Waals surface area contributed by atoms with Crippen LogP contribution in [0.1, 0.15) is 34.8 Å². The standard InChI is InChI=1S/C13H15NO2/c1-9-7-12(10(2)15)13(16)8-11(9)5-3-4-6-14/h7-8,16H,4,6,14H2,1-2H3. The van der Waals surface area contributed by atoms with Gasteiger partial charge in [-0.1, -0.05) is 11.8 Å². The molecule has 0 spiro atoms. The Hall–Kier alpha value is -1.79. The number of benzene rings is 1. The van der Waals surface area contributed by atoms with Gasteiger partial charge in [0.15, 0.2) is 5.78 Å². The summed E-state index contributed by atoms with van der Waals surface area (Å²) in [6, 6.07) is 3.18. The molecule has 1 aromatic rings. The quantitative estimate of drug-likeness (QED) is 0.584. The van der Waals surface area contributed by atoms with Gasteiger partial charge in [-0.15, -0.1) is 0 Å². The molecule has 0 aliphatic rings. The summed E-state index contributed by atoms with van der Waals surface area (Å²) >= 11 is 0. The number of Topliss-reactive ketones (excluding diaryl/α,β-unsaturated/α-hetero) is 1. The van der Waals surface area contributed by atoms with E-state index in [0.717, 1.165) is 11.1 Å². The van der Waals surface area contributed by atoms with Gasteiger partial charge in [-0.2, -0.15) is 0 Å². The first-order chi connectivity index (χ1) is 7.56. The summed E-state index contributed by atoms with van der Waals surface area (Å²) in [5.41, 5.74) is 7.28. The number of aryl methyl sites for hydroxylation is 1. The monoisotopic (exact) mass is 217 g/mol. The Labute approximate surface area is 95.3 Å². The van der Waals surface area contributed by atoms with Crippen molar-refractivity contribution in [2.24, 2.45) is 5.73 Å². The van der Waals surface area contributed by atoms with Crippen LogP contribution in [0.15, 0.2) is 12.1 Å². The molecule has 0 fully saturated rings. The normalized spacial score (nSPS) is 9.44. The van der Waals surface area contributed by atoms with Gasteiger partial charge in [0.05, 0.1) is 5.56 Å². The molecule has 0 radical (unpaired) electrons. The fraction of sp³-hybridized carbons (Fsp3) is 0.308. The van der Waals surface area contributed by atoms with Crippen LogP contribution in [0.25, 0.3) is 0 Å². The van der Waals surface area contributed by atoms with Gasteiger partial charge < -0.3 is 10.8 Å². The Morgan fingerprint density at radius 3 is 2.75 bits per heavy atom. The Balaban J connectivity index is 3.12. The highest BCUT2D eigenvalue weighted by atomic mass is 16.3. The van der Waals surface area contributed by atoms with Crippen molar-refractivity contribution in [3.05, 3.63) is 28.8 Å². The van der Waals surface area contributed by atoms with Crippen molar-refractivity contribution in [3.8, 4) is 17.6 Å². The predicted molar refractivity (Wildman–Crippen MR) is 63.4 cm³/mol. The fourth-order valence-corrected chi connectivity index (χ4v) is 1.34. The number of hydrogen-bond acceptors (Lipinski definition) is 3. The summed E-state index contributed by atoms with van der Waals surface area (Å²) in [4.78, 5) is 11.2. The zero-order valence-electron chi connectivity index (χ0n) is 9.50. The zero-order chi connectivity index (χ0) is 12.1. The minimum atomic E-state index is -0.151. The predicted octanol–water partition coefficient (Wildman–Crippen LogP) is 1.60. The van der Waals surface area contributed by atoms with Gasteiger partial charge >= 0.3 is 0 Å². The van der Waals surface area contributed by atoms with Gasteiger partial charge in [0.2, 0.25) is 0 Å². The molecule has 0 saturated carbocycles. The third kappa shape index (κ3) is 2.85. The SMILES string of the molecule is CC(=O)c1cc(C)c(C#CCCN)cc1O. The first-order valence-corrected chi connectivity index (χ1v) is 5.09. The van der Waals surface area contributed by atoms with Crippen LogP contribution in [0, 0.1) is 18.8 Å². The number of ketones is 1. The molecule has 3 nitrogen and oxygen atoms in total. The van der Waals surface area contributed by atoms with Crippen molar-refractivity contribution in [1.29, 1.82) is 0 Å². The van der Waals surface area contributed by atoms with E-state index in [9.17, 15) is 9.90 Å². The van der Waals surface area contributed by atoms with E-state index in [-0.39, 0.29) is 11.5 Å². The molecule has 0 heterocycles. The van der Waals surface area contributed by atoms with Gasteiger partial charge in [-0.25, -0.2) is 0 Å². The van der Waals surface area contributed by atoms with Crippen LogP contribution in [-0.4, -0.2) is 17.4 Å². The number of nitrogens with two attached hydrogens (primary N) is 1. The van der Waals surface area contributed by atoms with E-state index in [1.165, 1.54) is 13.0 Å². The molecule has 0 bridgehead atoms. The average Bonchev–Trinajstić information content (AvgIpc) is 2.22. The second kappa shape index (κ2) is 5.34. The third-order valence-corrected chi connectivity index (χ3v) is 2.21. The molecule has 0 unspecified atom stereocenters. The number of carbonyl (C=O) groups is 1. The molecule has 16 heavy (non-hydrogen) atoms. The molecular weight excluding hydrogens is 202 g/mol. The number of carbonyl (C=O) groups excluding carboxylic acids is 1. The average molecular weight is 217 g/mol. The van der Waals surface area contributed by atoms with Gasteiger partial charge in [0.1, 0.15) is 5.75 Å². The molecule has 0 aliphatic carbocycles. The zero-order valence-corrected chi connectivity index (χ0v) is 9.50. The lowest BCUT2D eigenvalue weighted by Crippen LogP contribution is -1.97. The molecule has 0 saturated heterocycles. The Morgan fingerprint density at radius 1 is 1.50 bits per heavy atom. The van der Waals surface area contributed by atoms with Crippen LogP contribution >= 0.6 is 0 Å². The maximum absolute atomic E-state index is 11.2.